The molecule has 0 spiro atoms. The van der Waals surface area contributed by atoms with Gasteiger partial charge >= 0.3 is 5.97 Å². The van der Waals surface area contributed by atoms with E-state index in [0.717, 1.165) is 0 Å². The summed E-state index contributed by atoms with van der Waals surface area (Å²) in [6.45, 7) is 1.37. The molecule has 0 aliphatic rings. The van der Waals surface area contributed by atoms with E-state index in [1.54, 1.807) is 0 Å². The van der Waals surface area contributed by atoms with Gasteiger partial charge in [-0.05, 0) is 13.3 Å². The number of imidazole rings is 2. The van der Waals surface area contributed by atoms with Crippen molar-refractivity contribution < 1.29 is 29.1 Å². The predicted octanol–water partition coefficient (Wildman–Crippen LogP) is -2.93. The lowest BCUT2D eigenvalue weighted by Crippen LogP contribution is -2.57. The average Bonchev–Trinajstić information content (AvgIpc) is 3.50. The van der Waals surface area contributed by atoms with Gasteiger partial charge < -0.3 is 42.5 Å². The van der Waals surface area contributed by atoms with Gasteiger partial charge in [0.2, 0.25) is 23.6 Å². The average molecular weight is 492 g/mol. The topological polar surface area (TPSA) is 251 Å². The van der Waals surface area contributed by atoms with Crippen LogP contribution in [0.25, 0.3) is 0 Å². The Morgan fingerprint density at radius 3 is 1.94 bits per heavy atom. The van der Waals surface area contributed by atoms with Crippen molar-refractivity contribution in [3.05, 3.63) is 36.4 Å². The molecule has 0 saturated heterocycles. The maximum atomic E-state index is 12.9. The summed E-state index contributed by atoms with van der Waals surface area (Å²) in [6.07, 6.45) is 5.53. The van der Waals surface area contributed by atoms with Gasteiger partial charge in [-0.15, -0.1) is 0 Å². The van der Waals surface area contributed by atoms with E-state index < -0.39 is 53.8 Å². The lowest BCUT2D eigenvalue weighted by molar-refractivity contribution is -0.142. The Morgan fingerprint density at radius 1 is 0.914 bits per heavy atom. The molecule has 2 aromatic heterocycles. The van der Waals surface area contributed by atoms with Crippen LogP contribution in [0.5, 0.6) is 0 Å². The largest absolute Gasteiger partial charge is 0.480 e. The van der Waals surface area contributed by atoms with Gasteiger partial charge in [0, 0.05) is 43.0 Å². The fourth-order valence-electron chi connectivity index (χ4n) is 3.03. The third-order valence-electron chi connectivity index (χ3n) is 5.00. The van der Waals surface area contributed by atoms with Gasteiger partial charge in [-0.3, -0.25) is 19.2 Å². The van der Waals surface area contributed by atoms with Crippen LogP contribution in [0.4, 0.5) is 0 Å². The van der Waals surface area contributed by atoms with Crippen molar-refractivity contribution in [3.63, 3.8) is 0 Å². The summed E-state index contributed by atoms with van der Waals surface area (Å²) >= 11 is 0. The minimum Gasteiger partial charge on any atom is -0.480 e. The number of primary amides is 1. The van der Waals surface area contributed by atoms with E-state index in [0.29, 0.717) is 11.4 Å². The molecule has 15 heteroatoms. The smallest absolute Gasteiger partial charge is 0.326 e. The minimum absolute atomic E-state index is 0.00598. The molecule has 35 heavy (non-hydrogen) atoms. The van der Waals surface area contributed by atoms with Crippen LogP contribution < -0.4 is 27.4 Å². The standard InChI is InChI=1S/C20H29N9O6/c1-10(17(31)29-15(20(34)35)5-12-7-24-9-26-12)27-19(33)14(4-11-6-23-8-25-11)28-18(32)13(21)2-3-16(22)30/h6-10,13-15H,2-5,21H2,1H3,(H2,22,30)(H,23,25)(H,24,26)(H,27,33)(H,28,32)(H,29,31)(H,34,35). The number of hydrogen-bond acceptors (Lipinski definition) is 8. The zero-order valence-corrected chi connectivity index (χ0v) is 19.0. The Kier molecular flexibility index (Phi) is 9.89. The van der Waals surface area contributed by atoms with Crippen molar-refractivity contribution in [1.29, 1.82) is 0 Å². The Morgan fingerprint density at radius 2 is 1.46 bits per heavy atom. The number of carbonyl (C=O) groups is 5. The number of H-pyrrole nitrogens is 2. The molecule has 190 valence electrons. The SMILES string of the molecule is CC(NC(=O)C(Cc1cnc[nH]1)NC(=O)C(N)CCC(N)=O)C(=O)NC(Cc1cnc[nH]1)C(=O)O. The van der Waals surface area contributed by atoms with E-state index in [4.69, 9.17) is 11.5 Å². The molecule has 0 fully saturated rings. The molecule has 0 aromatic carbocycles. The second-order valence-electron chi connectivity index (χ2n) is 7.86. The Balaban J connectivity index is 2.02. The first-order chi connectivity index (χ1) is 16.6. The van der Waals surface area contributed by atoms with Crippen molar-refractivity contribution in [2.75, 3.05) is 0 Å². The Hall–Kier alpha value is -4.27. The van der Waals surface area contributed by atoms with Crippen molar-refractivity contribution in [3.8, 4) is 0 Å². The quantitative estimate of drug-likeness (QED) is 0.134. The van der Waals surface area contributed by atoms with Crippen LogP contribution in [0.15, 0.2) is 25.0 Å². The third kappa shape index (κ3) is 8.88. The second kappa shape index (κ2) is 12.8. The number of amides is 4. The monoisotopic (exact) mass is 491 g/mol. The summed E-state index contributed by atoms with van der Waals surface area (Å²) < 4.78 is 0. The van der Waals surface area contributed by atoms with Crippen LogP contribution in [0, 0.1) is 0 Å². The molecule has 0 aliphatic carbocycles. The summed E-state index contributed by atoms with van der Waals surface area (Å²) in [5.41, 5.74) is 11.9. The maximum absolute atomic E-state index is 12.9. The molecule has 0 saturated carbocycles. The molecule has 0 bridgehead atoms. The minimum atomic E-state index is -1.26. The molecule has 10 N–H and O–H groups in total. The van der Waals surface area contributed by atoms with Crippen LogP contribution in [0.3, 0.4) is 0 Å². The zero-order chi connectivity index (χ0) is 26.0. The van der Waals surface area contributed by atoms with Gasteiger partial charge in [-0.25, -0.2) is 14.8 Å². The Labute approximate surface area is 199 Å². The Bertz CT molecular complexity index is 1010. The highest BCUT2D eigenvalue weighted by Crippen LogP contribution is 2.03. The summed E-state index contributed by atoms with van der Waals surface area (Å²) in [5, 5.41) is 16.7. The normalized spacial score (nSPS) is 14.2. The van der Waals surface area contributed by atoms with E-state index in [1.165, 1.54) is 32.0 Å². The highest BCUT2D eigenvalue weighted by atomic mass is 16.4. The number of nitrogens with two attached hydrogens (primary N) is 2. The lowest BCUT2D eigenvalue weighted by Gasteiger charge is -2.23. The molecule has 15 nitrogen and oxygen atoms in total. The number of aromatic amines is 2. The molecule has 4 atom stereocenters. The lowest BCUT2D eigenvalue weighted by atomic mass is 10.1. The molecular formula is C20H29N9O6. The predicted molar refractivity (Wildman–Crippen MR) is 120 cm³/mol. The summed E-state index contributed by atoms with van der Waals surface area (Å²) in [5.74, 6) is -4.02. The number of nitrogens with zero attached hydrogens (tertiary/aromatic N) is 2. The van der Waals surface area contributed by atoms with Crippen molar-refractivity contribution in [2.45, 2.75) is 56.8 Å². The van der Waals surface area contributed by atoms with Gasteiger partial charge in [0.05, 0.1) is 18.7 Å². The molecule has 4 unspecified atom stereocenters. The van der Waals surface area contributed by atoms with Crippen LogP contribution >= 0.6 is 0 Å². The number of aromatic nitrogens is 4. The molecular weight excluding hydrogens is 462 g/mol. The van der Waals surface area contributed by atoms with Crippen LogP contribution in [-0.4, -0.2) is 78.8 Å². The van der Waals surface area contributed by atoms with Gasteiger partial charge in [0.1, 0.15) is 18.1 Å². The highest BCUT2D eigenvalue weighted by molar-refractivity contribution is 5.94. The first-order valence-corrected chi connectivity index (χ1v) is 10.7. The number of carboxylic acid groups (broad SMARTS) is 1. The highest BCUT2D eigenvalue weighted by Gasteiger charge is 2.29. The number of carbonyl (C=O) groups excluding carboxylic acids is 4. The number of rotatable bonds is 14. The third-order valence-corrected chi connectivity index (χ3v) is 5.00. The van der Waals surface area contributed by atoms with Crippen LogP contribution in [0.2, 0.25) is 0 Å². The molecule has 2 heterocycles. The van der Waals surface area contributed by atoms with Crippen LogP contribution in [-0.2, 0) is 36.8 Å². The van der Waals surface area contributed by atoms with Crippen molar-refractivity contribution in [1.82, 2.24) is 35.9 Å². The fourth-order valence-corrected chi connectivity index (χ4v) is 3.03. The summed E-state index contributed by atoms with van der Waals surface area (Å²) in [7, 11) is 0. The molecule has 0 aliphatic heterocycles. The van der Waals surface area contributed by atoms with Gasteiger partial charge in [0.15, 0.2) is 0 Å². The van der Waals surface area contributed by atoms with Crippen molar-refractivity contribution >= 4 is 29.6 Å². The number of hydrogen-bond donors (Lipinski definition) is 8. The van der Waals surface area contributed by atoms with E-state index in [-0.39, 0.29) is 25.7 Å². The van der Waals surface area contributed by atoms with Gasteiger partial charge in [-0.2, -0.15) is 0 Å². The number of aliphatic carboxylic acids is 1. The van der Waals surface area contributed by atoms with E-state index in [9.17, 15) is 29.1 Å². The van der Waals surface area contributed by atoms with E-state index >= 15 is 0 Å². The first-order valence-electron chi connectivity index (χ1n) is 10.7. The summed E-state index contributed by atoms with van der Waals surface area (Å²) in [4.78, 5) is 73.6. The molecule has 4 amide bonds. The van der Waals surface area contributed by atoms with Crippen molar-refractivity contribution in [2.24, 2.45) is 11.5 Å². The first kappa shape index (κ1) is 27.0. The van der Waals surface area contributed by atoms with Crippen LogP contribution in [0.1, 0.15) is 31.2 Å². The number of nitrogens with one attached hydrogen (secondary N) is 5. The molecule has 2 aromatic rings. The second-order valence-corrected chi connectivity index (χ2v) is 7.86. The van der Waals surface area contributed by atoms with Gasteiger partial charge in [0.25, 0.3) is 0 Å². The number of carboxylic acids is 1. The van der Waals surface area contributed by atoms with Gasteiger partial charge in [-0.1, -0.05) is 0 Å². The molecule has 2 rings (SSSR count). The fraction of sp³-hybridized carbons (Fsp3) is 0.450. The van der Waals surface area contributed by atoms with E-state index in [1.807, 2.05) is 0 Å². The summed E-state index contributed by atoms with van der Waals surface area (Å²) in [6, 6.07) is -4.61. The van der Waals surface area contributed by atoms with E-state index in [2.05, 4.69) is 35.9 Å². The molecule has 0 radical (unpaired) electrons. The maximum Gasteiger partial charge on any atom is 0.326 e. The zero-order valence-electron chi connectivity index (χ0n) is 19.0.